The Labute approximate surface area is 226 Å². The summed E-state index contributed by atoms with van der Waals surface area (Å²) in [7, 11) is 0. The first-order valence-corrected chi connectivity index (χ1v) is 13.0. The number of carboxylic acid groups (broad SMARTS) is 1. The maximum Gasteiger partial charge on any atom is 0.573 e. The maximum atomic E-state index is 13.9. The highest BCUT2D eigenvalue weighted by molar-refractivity contribution is 7.99. The van der Waals surface area contributed by atoms with Gasteiger partial charge < -0.3 is 24.6 Å². The minimum atomic E-state index is -4.78. The van der Waals surface area contributed by atoms with E-state index in [0.717, 1.165) is 23.4 Å². The number of rotatable bonds is 10. The Hall–Kier alpha value is -2.64. The maximum absolute atomic E-state index is 13.9. The average Bonchev–Trinajstić information content (AvgIpc) is 2.82. The molecule has 1 saturated heterocycles. The number of aryl methyl sites for hydroxylation is 2. The van der Waals surface area contributed by atoms with Gasteiger partial charge >= 0.3 is 18.6 Å². The van der Waals surface area contributed by atoms with Crippen molar-refractivity contribution in [3.63, 3.8) is 0 Å². The quantitative estimate of drug-likeness (QED) is 0.178. The average molecular weight is 582 g/mol. The first kappa shape index (κ1) is 30.9. The number of alkyl halides is 6. The summed E-state index contributed by atoms with van der Waals surface area (Å²) in [4.78, 5) is 11.4. The molecular weight excluding hydrogens is 552 g/mol. The number of thioether (sulfide) groups is 1. The lowest BCUT2D eigenvalue weighted by Crippen LogP contribution is -2.61. The molecule has 3 rings (SSSR count). The van der Waals surface area contributed by atoms with E-state index >= 15 is 0 Å². The van der Waals surface area contributed by atoms with Crippen molar-refractivity contribution in [3.8, 4) is 5.75 Å². The minimum absolute atomic E-state index is 0.0183. The summed E-state index contributed by atoms with van der Waals surface area (Å²) in [5, 5.41) is 11.7. The Kier molecular flexibility index (Phi) is 9.71. The fraction of sp³-hybridized carbons (Fsp3) is 0.500. The zero-order valence-corrected chi connectivity index (χ0v) is 22.1. The van der Waals surface area contributed by atoms with E-state index in [9.17, 15) is 36.2 Å². The number of hydrogen-bond donors (Lipinski definition) is 2. The number of ether oxygens (including phenoxy) is 3. The molecule has 0 spiro atoms. The summed E-state index contributed by atoms with van der Waals surface area (Å²) in [5.41, 5.74) is -0.746. The predicted octanol–water partition coefficient (Wildman–Crippen LogP) is 7.05. The molecule has 0 atom stereocenters. The predicted molar refractivity (Wildman–Crippen MR) is 132 cm³/mol. The van der Waals surface area contributed by atoms with Gasteiger partial charge in [-0.25, -0.2) is 4.79 Å². The van der Waals surface area contributed by atoms with E-state index < -0.39 is 35.5 Å². The van der Waals surface area contributed by atoms with Crippen molar-refractivity contribution < 1.29 is 50.5 Å². The van der Waals surface area contributed by atoms with E-state index in [1.807, 2.05) is 0 Å². The zero-order chi connectivity index (χ0) is 28.9. The summed E-state index contributed by atoms with van der Waals surface area (Å²) in [5.74, 6) is -0.872. The summed E-state index contributed by atoms with van der Waals surface area (Å²) >= 11 is 1.04. The lowest BCUT2D eigenvalue weighted by Gasteiger charge is -2.43. The number of nitrogens with one attached hydrogen (secondary N) is 1. The number of halogens is 6. The lowest BCUT2D eigenvalue weighted by molar-refractivity contribution is -0.274. The SMILES string of the molecule is CC1(C)OCC(CCc2ccc(SCCCc3ccc(OC(F)(F)F)cc3)c(C(F)(F)F)c2)(NC(=O)O)CO1. The van der Waals surface area contributed by atoms with Crippen molar-refractivity contribution >= 4 is 17.9 Å². The third-order valence-electron chi connectivity index (χ3n) is 6.03. The van der Waals surface area contributed by atoms with Crippen LogP contribution in [0.25, 0.3) is 0 Å². The van der Waals surface area contributed by atoms with E-state index in [4.69, 9.17) is 9.47 Å². The van der Waals surface area contributed by atoms with Crippen LogP contribution in [0.4, 0.5) is 31.1 Å². The molecular formula is C26H29F6NO5S. The van der Waals surface area contributed by atoms with E-state index in [1.54, 1.807) is 19.9 Å². The summed E-state index contributed by atoms with van der Waals surface area (Å²) in [6, 6.07) is 9.41. The van der Waals surface area contributed by atoms with Crippen LogP contribution in [0.5, 0.6) is 5.75 Å². The van der Waals surface area contributed by atoms with Crippen LogP contribution in [0, 0.1) is 0 Å². The van der Waals surface area contributed by atoms with Crippen molar-refractivity contribution in [2.75, 3.05) is 19.0 Å². The molecule has 6 nitrogen and oxygen atoms in total. The van der Waals surface area contributed by atoms with E-state index in [2.05, 4.69) is 10.1 Å². The highest BCUT2D eigenvalue weighted by Crippen LogP contribution is 2.38. The molecule has 0 aliphatic carbocycles. The molecule has 39 heavy (non-hydrogen) atoms. The van der Waals surface area contributed by atoms with Crippen LogP contribution >= 0.6 is 11.8 Å². The standard InChI is InChI=1S/C26H29F6NO5S/c1-23(2)36-15-24(16-37-23,33-22(34)35)12-11-18-7-10-21(20(14-18)25(27,28)29)39-13-3-4-17-5-8-19(9-6-17)38-26(30,31)32/h5-10,14,33H,3-4,11-13,15-16H2,1-2H3,(H,34,35). The summed E-state index contributed by atoms with van der Waals surface area (Å²) < 4.78 is 93.4. The van der Waals surface area contributed by atoms with Gasteiger partial charge in [0.1, 0.15) is 5.75 Å². The molecule has 2 aromatic carbocycles. The van der Waals surface area contributed by atoms with Gasteiger partial charge in [0.25, 0.3) is 0 Å². The third kappa shape index (κ3) is 9.80. The van der Waals surface area contributed by atoms with E-state index in [1.165, 1.54) is 30.3 Å². The zero-order valence-electron chi connectivity index (χ0n) is 21.2. The first-order valence-electron chi connectivity index (χ1n) is 12.0. The van der Waals surface area contributed by atoms with Crippen molar-refractivity contribution in [3.05, 3.63) is 59.2 Å². The third-order valence-corrected chi connectivity index (χ3v) is 7.19. The molecule has 0 bridgehead atoms. The van der Waals surface area contributed by atoms with E-state index in [0.29, 0.717) is 24.2 Å². The van der Waals surface area contributed by atoms with Crippen LogP contribution in [-0.4, -0.2) is 47.9 Å². The number of carbonyl (C=O) groups is 1. The van der Waals surface area contributed by atoms with Gasteiger partial charge in [0, 0.05) is 4.90 Å². The van der Waals surface area contributed by atoms with Gasteiger partial charge in [-0.15, -0.1) is 24.9 Å². The number of hydrogen-bond acceptors (Lipinski definition) is 5. The van der Waals surface area contributed by atoms with Crippen LogP contribution in [0.1, 0.15) is 43.4 Å². The van der Waals surface area contributed by atoms with Crippen molar-refractivity contribution in [2.45, 2.75) is 68.3 Å². The molecule has 216 valence electrons. The second-order valence-corrected chi connectivity index (χ2v) is 10.8. The molecule has 1 heterocycles. The molecule has 1 fully saturated rings. The van der Waals surface area contributed by atoms with Gasteiger partial charge in [-0.3, -0.25) is 0 Å². The molecule has 0 radical (unpaired) electrons. The Morgan fingerprint density at radius 3 is 2.18 bits per heavy atom. The van der Waals surface area contributed by atoms with E-state index in [-0.39, 0.29) is 36.7 Å². The number of amides is 1. The smallest absolute Gasteiger partial charge is 0.465 e. The van der Waals surface area contributed by atoms with Crippen LogP contribution in [0.15, 0.2) is 47.4 Å². The molecule has 1 aliphatic rings. The van der Waals surface area contributed by atoms with Crippen LogP contribution < -0.4 is 10.1 Å². The lowest BCUT2D eigenvalue weighted by atomic mass is 9.91. The molecule has 2 N–H and O–H groups in total. The normalized spacial score (nSPS) is 17.0. The van der Waals surface area contributed by atoms with Gasteiger partial charge in [-0.05, 0) is 80.7 Å². The van der Waals surface area contributed by atoms with Gasteiger partial charge in [0.2, 0.25) is 0 Å². The molecule has 0 aromatic heterocycles. The summed E-state index contributed by atoms with van der Waals surface area (Å²) in [6.07, 6.45) is -9.35. The molecule has 0 saturated carbocycles. The Morgan fingerprint density at radius 1 is 1.00 bits per heavy atom. The fourth-order valence-corrected chi connectivity index (χ4v) is 5.00. The Balaban J connectivity index is 1.60. The van der Waals surface area contributed by atoms with Gasteiger partial charge in [0.05, 0.1) is 24.3 Å². The van der Waals surface area contributed by atoms with Crippen LogP contribution in [-0.2, 0) is 28.5 Å². The second-order valence-electron chi connectivity index (χ2n) is 9.66. The largest absolute Gasteiger partial charge is 0.573 e. The molecule has 13 heteroatoms. The molecule has 0 unspecified atom stereocenters. The first-order chi connectivity index (χ1) is 18.1. The van der Waals surface area contributed by atoms with Crippen LogP contribution in [0.2, 0.25) is 0 Å². The fourth-order valence-electron chi connectivity index (χ4n) is 3.99. The Bertz CT molecular complexity index is 1110. The topological polar surface area (TPSA) is 77.0 Å². The van der Waals surface area contributed by atoms with Crippen LogP contribution in [0.3, 0.4) is 0 Å². The van der Waals surface area contributed by atoms with Crippen molar-refractivity contribution in [1.29, 1.82) is 0 Å². The highest BCUT2D eigenvalue weighted by Gasteiger charge is 2.41. The molecule has 1 amide bonds. The second kappa shape index (κ2) is 12.3. The highest BCUT2D eigenvalue weighted by atomic mass is 32.2. The number of benzene rings is 2. The summed E-state index contributed by atoms with van der Waals surface area (Å²) in [6.45, 7) is 3.41. The molecule has 2 aromatic rings. The van der Waals surface area contributed by atoms with Crippen molar-refractivity contribution in [2.24, 2.45) is 0 Å². The molecule has 1 aliphatic heterocycles. The van der Waals surface area contributed by atoms with Gasteiger partial charge in [-0.2, -0.15) is 13.2 Å². The minimum Gasteiger partial charge on any atom is -0.465 e. The van der Waals surface area contributed by atoms with Gasteiger partial charge in [0.15, 0.2) is 5.79 Å². The van der Waals surface area contributed by atoms with Gasteiger partial charge in [-0.1, -0.05) is 18.2 Å². The Morgan fingerprint density at radius 2 is 1.62 bits per heavy atom. The monoisotopic (exact) mass is 581 g/mol. The van der Waals surface area contributed by atoms with Crippen molar-refractivity contribution in [1.82, 2.24) is 5.32 Å².